The summed E-state index contributed by atoms with van der Waals surface area (Å²) in [5.74, 6) is 0.136. The average molecular weight is 260 g/mol. The number of nitrogens with zero attached hydrogens (tertiary/aromatic N) is 2. The zero-order chi connectivity index (χ0) is 13.8. The average Bonchev–Trinajstić information content (AvgIpc) is 2.42. The van der Waals surface area contributed by atoms with Gasteiger partial charge in [-0.15, -0.1) is 0 Å². The number of benzene rings is 1. The van der Waals surface area contributed by atoms with Crippen LogP contribution in [0, 0.1) is 23.1 Å². The van der Waals surface area contributed by atoms with Crippen molar-refractivity contribution < 1.29 is 9.18 Å². The van der Waals surface area contributed by atoms with Gasteiger partial charge in [0, 0.05) is 18.0 Å². The monoisotopic (exact) mass is 260 g/mol. The summed E-state index contributed by atoms with van der Waals surface area (Å²) < 4.78 is 13.7. The van der Waals surface area contributed by atoms with Gasteiger partial charge in [0.05, 0.1) is 11.6 Å². The summed E-state index contributed by atoms with van der Waals surface area (Å²) >= 11 is 0. The lowest BCUT2D eigenvalue weighted by molar-refractivity contribution is -0.122. The van der Waals surface area contributed by atoms with Crippen LogP contribution in [0.2, 0.25) is 0 Å². The first-order valence-electron chi connectivity index (χ1n) is 6.51. The maximum Gasteiger partial charge on any atom is 0.133 e. The molecular formula is C15H17FN2O. The summed E-state index contributed by atoms with van der Waals surface area (Å²) in [5.41, 5.74) is 1.04. The van der Waals surface area contributed by atoms with E-state index in [9.17, 15) is 9.18 Å². The highest BCUT2D eigenvalue weighted by Crippen LogP contribution is 2.21. The molecule has 0 bridgehead atoms. The van der Waals surface area contributed by atoms with Gasteiger partial charge in [-0.25, -0.2) is 4.39 Å². The van der Waals surface area contributed by atoms with E-state index < -0.39 is 0 Å². The van der Waals surface area contributed by atoms with E-state index in [1.165, 1.54) is 12.1 Å². The highest BCUT2D eigenvalue weighted by molar-refractivity contribution is 5.78. The van der Waals surface area contributed by atoms with Crippen LogP contribution >= 0.6 is 0 Å². The molecule has 0 spiro atoms. The molecule has 0 aromatic heterocycles. The number of hydrogen-bond donors (Lipinski definition) is 0. The Hall–Kier alpha value is -1.73. The minimum atomic E-state index is -0.271. The van der Waals surface area contributed by atoms with Crippen molar-refractivity contribution in [3.05, 3.63) is 35.1 Å². The van der Waals surface area contributed by atoms with Crippen molar-refractivity contribution in [3.63, 3.8) is 0 Å². The molecule has 4 heteroatoms. The third-order valence-corrected chi connectivity index (χ3v) is 3.73. The first-order valence-corrected chi connectivity index (χ1v) is 6.51. The molecule has 0 unspecified atom stereocenters. The summed E-state index contributed by atoms with van der Waals surface area (Å²) in [6.45, 7) is 3.75. The van der Waals surface area contributed by atoms with Crippen molar-refractivity contribution in [2.24, 2.45) is 5.92 Å². The third kappa shape index (κ3) is 3.39. The zero-order valence-electron chi connectivity index (χ0n) is 11.0. The number of likely N-dealkylation sites (tertiary alicyclic amines) is 1. The molecule has 1 aromatic rings. The number of rotatable bonds is 3. The van der Waals surface area contributed by atoms with Crippen molar-refractivity contribution in [2.75, 3.05) is 13.1 Å². The van der Waals surface area contributed by atoms with Gasteiger partial charge in [0.2, 0.25) is 0 Å². The molecule has 0 N–H and O–H groups in total. The largest absolute Gasteiger partial charge is 0.300 e. The van der Waals surface area contributed by atoms with Crippen LogP contribution < -0.4 is 0 Å². The first-order chi connectivity index (χ1) is 9.10. The van der Waals surface area contributed by atoms with Crippen molar-refractivity contribution in [3.8, 4) is 6.07 Å². The number of Topliss-reactive ketones (excluding diaryl/α,β-unsaturated/α-hetero) is 1. The van der Waals surface area contributed by atoms with E-state index in [0.717, 1.165) is 25.9 Å². The smallest absolute Gasteiger partial charge is 0.133 e. The van der Waals surface area contributed by atoms with Crippen LogP contribution in [0.25, 0.3) is 0 Å². The Balaban J connectivity index is 1.99. The van der Waals surface area contributed by atoms with Gasteiger partial charge in [0.1, 0.15) is 11.6 Å². The molecule has 19 heavy (non-hydrogen) atoms. The number of piperidine rings is 1. The second kappa shape index (κ2) is 5.94. The van der Waals surface area contributed by atoms with Gasteiger partial charge in [-0.3, -0.25) is 9.69 Å². The number of halogens is 1. The summed E-state index contributed by atoms with van der Waals surface area (Å²) in [5, 5.41) is 8.83. The molecule has 1 aliphatic heterocycles. The van der Waals surface area contributed by atoms with E-state index in [0.29, 0.717) is 17.7 Å². The predicted molar refractivity (Wildman–Crippen MR) is 69.8 cm³/mol. The van der Waals surface area contributed by atoms with Crippen LogP contribution in [0.15, 0.2) is 18.2 Å². The molecule has 100 valence electrons. The van der Waals surface area contributed by atoms with Crippen LogP contribution in [-0.2, 0) is 11.3 Å². The Bertz CT molecular complexity index is 513. The molecule has 0 atom stereocenters. The number of nitriles is 1. The topological polar surface area (TPSA) is 44.1 Å². The van der Waals surface area contributed by atoms with Gasteiger partial charge < -0.3 is 0 Å². The number of ketones is 1. The second-order valence-corrected chi connectivity index (χ2v) is 5.08. The lowest BCUT2D eigenvalue weighted by atomic mass is 9.93. The molecule has 1 heterocycles. The fourth-order valence-electron chi connectivity index (χ4n) is 2.50. The van der Waals surface area contributed by atoms with E-state index in [4.69, 9.17) is 5.26 Å². The fourth-order valence-corrected chi connectivity index (χ4v) is 2.50. The van der Waals surface area contributed by atoms with Crippen LogP contribution in [0.3, 0.4) is 0 Å². The summed E-state index contributed by atoms with van der Waals surface area (Å²) in [6.07, 6.45) is 1.68. The van der Waals surface area contributed by atoms with Gasteiger partial charge in [-0.05, 0) is 51.1 Å². The second-order valence-electron chi connectivity index (χ2n) is 5.08. The summed E-state index contributed by atoms with van der Waals surface area (Å²) in [7, 11) is 0. The minimum Gasteiger partial charge on any atom is -0.300 e. The summed E-state index contributed by atoms with van der Waals surface area (Å²) in [6, 6.07) is 6.46. The van der Waals surface area contributed by atoms with Gasteiger partial charge in [-0.2, -0.15) is 5.26 Å². The molecule has 3 nitrogen and oxygen atoms in total. The van der Waals surface area contributed by atoms with Gasteiger partial charge in [0.15, 0.2) is 0 Å². The SMILES string of the molecule is CC(=O)C1CCN(Cc2cc(C#N)ccc2F)CC1. The number of carbonyl (C=O) groups excluding carboxylic acids is 1. The quantitative estimate of drug-likeness (QED) is 0.838. The van der Waals surface area contributed by atoms with Gasteiger partial charge in [-0.1, -0.05) is 0 Å². The van der Waals surface area contributed by atoms with Crippen molar-refractivity contribution in [1.82, 2.24) is 4.90 Å². The molecule has 1 aliphatic rings. The number of carbonyl (C=O) groups is 1. The van der Waals surface area contributed by atoms with Gasteiger partial charge >= 0.3 is 0 Å². The number of hydrogen-bond acceptors (Lipinski definition) is 3. The van der Waals surface area contributed by atoms with E-state index >= 15 is 0 Å². The van der Waals surface area contributed by atoms with E-state index in [1.807, 2.05) is 6.07 Å². The van der Waals surface area contributed by atoms with Crippen molar-refractivity contribution in [2.45, 2.75) is 26.3 Å². The van der Waals surface area contributed by atoms with E-state index in [2.05, 4.69) is 4.90 Å². The molecule has 1 saturated heterocycles. The molecule has 1 aromatic carbocycles. The van der Waals surface area contributed by atoms with Crippen LogP contribution in [0.5, 0.6) is 0 Å². The van der Waals surface area contributed by atoms with Gasteiger partial charge in [0.25, 0.3) is 0 Å². The molecule has 0 aliphatic carbocycles. The molecular weight excluding hydrogens is 243 g/mol. The molecule has 0 saturated carbocycles. The highest BCUT2D eigenvalue weighted by Gasteiger charge is 2.22. The Morgan fingerprint density at radius 1 is 1.47 bits per heavy atom. The minimum absolute atomic E-state index is 0.159. The lowest BCUT2D eigenvalue weighted by Crippen LogP contribution is -2.35. The predicted octanol–water partition coefficient (Wildman–Crippen LogP) is 2.50. The van der Waals surface area contributed by atoms with Crippen LogP contribution in [0.1, 0.15) is 30.9 Å². The van der Waals surface area contributed by atoms with E-state index in [-0.39, 0.29) is 17.5 Å². The molecule has 1 fully saturated rings. The Morgan fingerprint density at radius 3 is 2.74 bits per heavy atom. The molecule has 0 radical (unpaired) electrons. The van der Waals surface area contributed by atoms with Crippen LogP contribution in [-0.4, -0.2) is 23.8 Å². The lowest BCUT2D eigenvalue weighted by Gasteiger charge is -2.30. The summed E-state index contributed by atoms with van der Waals surface area (Å²) in [4.78, 5) is 13.4. The Kier molecular flexibility index (Phi) is 4.28. The maximum atomic E-state index is 13.7. The first kappa shape index (κ1) is 13.7. The fraction of sp³-hybridized carbons (Fsp3) is 0.467. The van der Waals surface area contributed by atoms with Crippen LogP contribution in [0.4, 0.5) is 4.39 Å². The van der Waals surface area contributed by atoms with Crippen molar-refractivity contribution in [1.29, 1.82) is 5.26 Å². The van der Waals surface area contributed by atoms with E-state index in [1.54, 1.807) is 13.0 Å². The maximum absolute atomic E-state index is 13.7. The molecule has 2 rings (SSSR count). The normalized spacial score (nSPS) is 17.1. The Labute approximate surface area is 112 Å². The Morgan fingerprint density at radius 2 is 2.16 bits per heavy atom. The third-order valence-electron chi connectivity index (χ3n) is 3.73. The standard InChI is InChI=1S/C15H17FN2O/c1-11(19)13-4-6-18(7-5-13)10-14-8-12(9-17)2-3-15(14)16/h2-3,8,13H,4-7,10H2,1H3. The highest BCUT2D eigenvalue weighted by atomic mass is 19.1. The molecule has 0 amide bonds. The van der Waals surface area contributed by atoms with Crippen molar-refractivity contribution >= 4 is 5.78 Å². The zero-order valence-corrected chi connectivity index (χ0v) is 11.0.